The number of aliphatic hydroxyl groups excluding tert-OH is 1. The van der Waals surface area contributed by atoms with E-state index in [1.807, 2.05) is 12.4 Å². The summed E-state index contributed by atoms with van der Waals surface area (Å²) in [4.78, 5) is 11.4. The Morgan fingerprint density at radius 1 is 1.29 bits per heavy atom. The monoisotopic (exact) mass is 292 g/mol. The van der Waals surface area contributed by atoms with E-state index in [2.05, 4.69) is 20.2 Å². The molecule has 2 atom stereocenters. The Morgan fingerprint density at radius 2 is 1.95 bits per heavy atom. The van der Waals surface area contributed by atoms with Crippen LogP contribution in [0, 0.1) is 0 Å². The van der Waals surface area contributed by atoms with Crippen LogP contribution in [0.1, 0.15) is 31.2 Å². The number of piperidine rings is 1. The highest BCUT2D eigenvalue weighted by atomic mass is 16.5. The third kappa shape index (κ3) is 3.33. The lowest BCUT2D eigenvalue weighted by molar-refractivity contribution is 0.125. The zero-order chi connectivity index (χ0) is 14.7. The predicted molar refractivity (Wildman–Crippen MR) is 80.1 cm³/mol. The average Bonchev–Trinajstić information content (AvgIpc) is 2.76. The number of fused-ring (bicyclic) bond motifs is 2. The van der Waals surface area contributed by atoms with Gasteiger partial charge in [0.05, 0.1) is 12.7 Å². The van der Waals surface area contributed by atoms with Crippen LogP contribution in [0.3, 0.4) is 0 Å². The van der Waals surface area contributed by atoms with Crippen LogP contribution < -0.4 is 10.2 Å². The van der Waals surface area contributed by atoms with Crippen LogP contribution in [0.2, 0.25) is 0 Å². The van der Waals surface area contributed by atoms with E-state index in [9.17, 15) is 5.11 Å². The molecule has 3 rings (SSSR count). The first-order chi connectivity index (χ1) is 10.3. The minimum atomic E-state index is -0.150. The largest absolute Gasteiger partial charge is 0.393 e. The van der Waals surface area contributed by atoms with E-state index in [0.717, 1.165) is 50.3 Å². The van der Waals surface area contributed by atoms with Crippen molar-refractivity contribution in [3.63, 3.8) is 0 Å². The summed E-state index contributed by atoms with van der Waals surface area (Å²) in [6.07, 6.45) is 7.62. The number of anilines is 1. The second-order valence-electron chi connectivity index (χ2n) is 5.98. The number of nitrogens with zero attached hydrogens (tertiary/aromatic N) is 3. The molecule has 2 saturated heterocycles. The maximum Gasteiger partial charge on any atom is 0.225 e. The molecule has 2 bridgehead atoms. The van der Waals surface area contributed by atoms with Gasteiger partial charge in [-0.15, -0.1) is 0 Å². The molecular formula is C15H24N4O2. The number of hydrogen-bond acceptors (Lipinski definition) is 6. The van der Waals surface area contributed by atoms with Gasteiger partial charge in [-0.1, -0.05) is 0 Å². The van der Waals surface area contributed by atoms with Crippen molar-refractivity contribution in [2.75, 3.05) is 25.2 Å². The Kier molecular flexibility index (Phi) is 4.67. The van der Waals surface area contributed by atoms with Gasteiger partial charge in [-0.2, -0.15) is 0 Å². The summed E-state index contributed by atoms with van der Waals surface area (Å²) in [5.41, 5.74) is 1.08. The first kappa shape index (κ1) is 14.7. The molecule has 0 saturated carbocycles. The van der Waals surface area contributed by atoms with Crippen LogP contribution in [-0.2, 0) is 11.3 Å². The van der Waals surface area contributed by atoms with E-state index in [4.69, 9.17) is 4.74 Å². The van der Waals surface area contributed by atoms with Gasteiger partial charge in [-0.3, -0.25) is 0 Å². The number of rotatable bonds is 6. The van der Waals surface area contributed by atoms with Gasteiger partial charge >= 0.3 is 0 Å². The molecule has 0 radical (unpaired) electrons. The van der Waals surface area contributed by atoms with Crippen molar-refractivity contribution in [3.05, 3.63) is 18.0 Å². The second kappa shape index (κ2) is 6.68. The highest BCUT2D eigenvalue weighted by Crippen LogP contribution is 2.37. The van der Waals surface area contributed by atoms with Crippen molar-refractivity contribution >= 4 is 5.95 Å². The Hall–Kier alpha value is -1.24. The lowest BCUT2D eigenvalue weighted by Crippen LogP contribution is -2.45. The molecule has 2 aliphatic rings. The molecule has 1 aromatic rings. The molecule has 0 aromatic carbocycles. The number of ether oxygens (including phenoxy) is 1. The van der Waals surface area contributed by atoms with E-state index in [1.54, 1.807) is 7.11 Å². The van der Waals surface area contributed by atoms with E-state index in [0.29, 0.717) is 18.7 Å². The zero-order valence-corrected chi connectivity index (χ0v) is 12.5. The summed E-state index contributed by atoms with van der Waals surface area (Å²) in [6.45, 7) is 2.29. The molecule has 2 unspecified atom stereocenters. The predicted octanol–water partition coefficient (Wildman–Crippen LogP) is 0.705. The van der Waals surface area contributed by atoms with E-state index >= 15 is 0 Å². The normalized spacial score (nSPS) is 28.1. The van der Waals surface area contributed by atoms with Gasteiger partial charge in [0.2, 0.25) is 5.95 Å². The maximum absolute atomic E-state index is 9.85. The zero-order valence-electron chi connectivity index (χ0n) is 12.5. The van der Waals surface area contributed by atoms with Gasteiger partial charge < -0.3 is 20.1 Å². The van der Waals surface area contributed by atoms with Gasteiger partial charge in [0.25, 0.3) is 0 Å². The Morgan fingerprint density at radius 3 is 2.57 bits per heavy atom. The quantitative estimate of drug-likeness (QED) is 0.752. The minimum Gasteiger partial charge on any atom is -0.393 e. The third-order valence-corrected chi connectivity index (χ3v) is 4.44. The molecule has 3 heterocycles. The van der Waals surface area contributed by atoms with Crippen LogP contribution in [0.5, 0.6) is 0 Å². The van der Waals surface area contributed by atoms with Gasteiger partial charge in [0, 0.05) is 50.2 Å². The average molecular weight is 292 g/mol. The molecular weight excluding hydrogens is 268 g/mol. The van der Waals surface area contributed by atoms with Gasteiger partial charge in [-0.25, -0.2) is 9.97 Å². The first-order valence-electron chi connectivity index (χ1n) is 7.75. The number of aliphatic hydroxyl groups is 1. The summed E-state index contributed by atoms with van der Waals surface area (Å²) < 4.78 is 5.00. The van der Waals surface area contributed by atoms with Crippen molar-refractivity contribution in [2.45, 2.75) is 50.4 Å². The van der Waals surface area contributed by atoms with Crippen LogP contribution in [0.4, 0.5) is 5.95 Å². The van der Waals surface area contributed by atoms with Crippen LogP contribution >= 0.6 is 0 Å². The molecule has 6 heteroatoms. The summed E-state index contributed by atoms with van der Waals surface area (Å²) in [6, 6.07) is 0.814. The molecule has 0 spiro atoms. The summed E-state index contributed by atoms with van der Waals surface area (Å²) in [5, 5.41) is 13.1. The number of nitrogens with one attached hydrogen (secondary N) is 1. The van der Waals surface area contributed by atoms with Crippen LogP contribution in [0.15, 0.2) is 12.4 Å². The van der Waals surface area contributed by atoms with Crippen molar-refractivity contribution in [1.29, 1.82) is 0 Å². The van der Waals surface area contributed by atoms with Crippen molar-refractivity contribution < 1.29 is 9.84 Å². The van der Waals surface area contributed by atoms with E-state index in [1.165, 1.54) is 0 Å². The minimum absolute atomic E-state index is 0.150. The molecule has 21 heavy (non-hydrogen) atoms. The van der Waals surface area contributed by atoms with E-state index < -0.39 is 0 Å². The van der Waals surface area contributed by atoms with Gasteiger partial charge in [0.15, 0.2) is 0 Å². The molecule has 0 aliphatic carbocycles. The van der Waals surface area contributed by atoms with Crippen LogP contribution in [-0.4, -0.2) is 53.5 Å². The lowest BCUT2D eigenvalue weighted by Gasteiger charge is -2.37. The molecule has 2 fully saturated rings. The summed E-state index contributed by atoms with van der Waals surface area (Å²) in [7, 11) is 1.70. The SMILES string of the molecule is COCCNCc1cnc(N2C3CCC2CC(O)C3)nc1. The van der Waals surface area contributed by atoms with E-state index in [-0.39, 0.29) is 6.10 Å². The second-order valence-corrected chi connectivity index (χ2v) is 5.98. The Balaban J connectivity index is 1.59. The molecule has 1 aromatic heterocycles. The molecule has 2 aliphatic heterocycles. The molecule has 6 nitrogen and oxygen atoms in total. The fourth-order valence-electron chi connectivity index (χ4n) is 3.45. The van der Waals surface area contributed by atoms with Gasteiger partial charge in [0.1, 0.15) is 0 Å². The lowest BCUT2D eigenvalue weighted by atomic mass is 10.0. The topological polar surface area (TPSA) is 70.5 Å². The highest BCUT2D eigenvalue weighted by Gasteiger charge is 2.41. The van der Waals surface area contributed by atoms with Crippen molar-refractivity contribution in [2.24, 2.45) is 0 Å². The molecule has 0 amide bonds. The summed E-state index contributed by atoms with van der Waals surface area (Å²) in [5.74, 6) is 0.815. The summed E-state index contributed by atoms with van der Waals surface area (Å²) >= 11 is 0. The smallest absolute Gasteiger partial charge is 0.225 e. The molecule has 116 valence electrons. The van der Waals surface area contributed by atoms with Gasteiger partial charge in [-0.05, 0) is 25.7 Å². The standard InChI is InChI=1S/C15H24N4O2/c1-21-5-4-16-8-11-9-17-15(18-10-11)19-12-2-3-13(19)7-14(20)6-12/h9-10,12-14,16,20H,2-8H2,1H3. The molecule has 2 N–H and O–H groups in total. The fraction of sp³-hybridized carbons (Fsp3) is 0.733. The Bertz CT molecular complexity index is 439. The third-order valence-electron chi connectivity index (χ3n) is 4.44. The Labute approximate surface area is 125 Å². The maximum atomic E-state index is 9.85. The van der Waals surface area contributed by atoms with Crippen LogP contribution in [0.25, 0.3) is 0 Å². The number of aromatic nitrogens is 2. The fourth-order valence-corrected chi connectivity index (χ4v) is 3.45. The van der Waals surface area contributed by atoms with Crippen molar-refractivity contribution in [3.8, 4) is 0 Å². The number of methoxy groups -OCH3 is 1. The first-order valence-corrected chi connectivity index (χ1v) is 7.75. The van der Waals surface area contributed by atoms with Crippen molar-refractivity contribution in [1.82, 2.24) is 15.3 Å². The highest BCUT2D eigenvalue weighted by molar-refractivity contribution is 5.37. The number of hydrogen-bond donors (Lipinski definition) is 2.